The number of hydrogen-bond donors (Lipinski definition) is 0. The van der Waals surface area contributed by atoms with Crippen LogP contribution < -0.4 is 0 Å². The maximum atomic E-state index is 12.1. The van der Waals surface area contributed by atoms with Crippen molar-refractivity contribution in [2.24, 2.45) is 11.3 Å². The van der Waals surface area contributed by atoms with Crippen molar-refractivity contribution in [3.63, 3.8) is 0 Å². The number of nitrogens with zero attached hydrogens (tertiary/aromatic N) is 2. The van der Waals surface area contributed by atoms with Crippen LogP contribution in [0.5, 0.6) is 0 Å². The van der Waals surface area contributed by atoms with E-state index in [0.29, 0.717) is 19.0 Å². The molecule has 0 N–H and O–H groups in total. The van der Waals surface area contributed by atoms with Gasteiger partial charge in [-0.15, -0.1) is 0 Å². The minimum atomic E-state index is -0.452. The van der Waals surface area contributed by atoms with Crippen LogP contribution in [0.25, 0.3) is 0 Å². The summed E-state index contributed by atoms with van der Waals surface area (Å²) >= 11 is 0. The lowest BCUT2D eigenvalue weighted by Crippen LogP contribution is -2.46. The summed E-state index contributed by atoms with van der Waals surface area (Å²) in [6, 6.07) is 2.59. The number of ether oxygens (including phenoxy) is 1. The third kappa shape index (κ3) is 3.26. The summed E-state index contributed by atoms with van der Waals surface area (Å²) in [5.74, 6) is 0.535. The molecule has 0 bridgehead atoms. The summed E-state index contributed by atoms with van der Waals surface area (Å²) < 4.78 is 5.41. The van der Waals surface area contributed by atoms with Crippen LogP contribution in [0.1, 0.15) is 59.3 Å². The first-order valence-electron chi connectivity index (χ1n) is 7.75. The van der Waals surface area contributed by atoms with Gasteiger partial charge in [0.15, 0.2) is 0 Å². The summed E-state index contributed by atoms with van der Waals surface area (Å²) in [5.41, 5.74) is -0.651. The molecule has 112 valence electrons. The van der Waals surface area contributed by atoms with Crippen molar-refractivity contribution in [2.45, 2.75) is 64.9 Å². The van der Waals surface area contributed by atoms with E-state index in [-0.39, 0.29) is 11.5 Å². The van der Waals surface area contributed by atoms with Gasteiger partial charge in [0.2, 0.25) is 0 Å². The van der Waals surface area contributed by atoms with E-state index in [9.17, 15) is 10.1 Å². The van der Waals surface area contributed by atoms with Gasteiger partial charge in [0.05, 0.1) is 11.5 Å². The molecule has 0 spiro atoms. The number of nitriles is 1. The van der Waals surface area contributed by atoms with E-state index in [1.165, 1.54) is 25.7 Å². The molecule has 1 saturated carbocycles. The van der Waals surface area contributed by atoms with Gasteiger partial charge in [-0.2, -0.15) is 5.26 Å². The molecule has 1 saturated heterocycles. The van der Waals surface area contributed by atoms with Gasteiger partial charge in [0.25, 0.3) is 0 Å². The second kappa shape index (κ2) is 5.63. The van der Waals surface area contributed by atoms with Crippen LogP contribution in [0.2, 0.25) is 0 Å². The Kier molecular flexibility index (Phi) is 4.27. The molecule has 20 heavy (non-hydrogen) atoms. The minimum absolute atomic E-state index is 0.199. The number of piperidine rings is 1. The maximum Gasteiger partial charge on any atom is 0.410 e. The van der Waals surface area contributed by atoms with Crippen LogP contribution in [-0.2, 0) is 4.74 Å². The smallest absolute Gasteiger partial charge is 0.410 e. The largest absolute Gasteiger partial charge is 0.444 e. The summed E-state index contributed by atoms with van der Waals surface area (Å²) in [5, 5.41) is 9.63. The van der Waals surface area contributed by atoms with Crippen molar-refractivity contribution in [1.29, 1.82) is 5.26 Å². The van der Waals surface area contributed by atoms with Gasteiger partial charge >= 0.3 is 6.09 Å². The Labute approximate surface area is 122 Å². The van der Waals surface area contributed by atoms with Crippen molar-refractivity contribution < 1.29 is 9.53 Å². The van der Waals surface area contributed by atoms with Crippen LogP contribution in [0.15, 0.2) is 0 Å². The van der Waals surface area contributed by atoms with Gasteiger partial charge in [0, 0.05) is 13.1 Å². The molecular weight excluding hydrogens is 252 g/mol. The SMILES string of the molecule is CC(C)(C)OC(=O)N1CCC(C#N)(C2CCCC2)CC1. The molecule has 4 nitrogen and oxygen atoms in total. The van der Waals surface area contributed by atoms with E-state index in [4.69, 9.17) is 4.74 Å². The third-order valence-corrected chi connectivity index (χ3v) is 4.67. The lowest BCUT2D eigenvalue weighted by Gasteiger charge is -2.41. The normalized spacial score (nSPS) is 23.4. The number of amides is 1. The van der Waals surface area contributed by atoms with E-state index in [1.54, 1.807) is 4.90 Å². The molecule has 0 radical (unpaired) electrons. The van der Waals surface area contributed by atoms with Gasteiger partial charge in [-0.05, 0) is 52.4 Å². The van der Waals surface area contributed by atoms with Crippen molar-refractivity contribution in [3.8, 4) is 6.07 Å². The summed E-state index contributed by atoms with van der Waals surface area (Å²) in [6.07, 6.45) is 6.23. The topological polar surface area (TPSA) is 53.3 Å². The fourth-order valence-corrected chi connectivity index (χ4v) is 3.50. The van der Waals surface area contributed by atoms with Crippen LogP contribution in [0.3, 0.4) is 0 Å². The summed E-state index contributed by atoms with van der Waals surface area (Å²) in [4.78, 5) is 13.8. The zero-order valence-electron chi connectivity index (χ0n) is 12.9. The Morgan fingerprint density at radius 1 is 1.25 bits per heavy atom. The molecule has 2 fully saturated rings. The van der Waals surface area contributed by atoms with Crippen LogP contribution in [0.4, 0.5) is 4.79 Å². The molecule has 0 aromatic rings. The van der Waals surface area contributed by atoms with Crippen LogP contribution in [0, 0.1) is 22.7 Å². The molecule has 2 aliphatic rings. The predicted octanol–water partition coefficient (Wildman–Crippen LogP) is 3.72. The Morgan fingerprint density at radius 3 is 2.25 bits per heavy atom. The lowest BCUT2D eigenvalue weighted by atomic mass is 9.69. The highest BCUT2D eigenvalue weighted by atomic mass is 16.6. The number of likely N-dealkylation sites (tertiary alicyclic amines) is 1. The van der Waals surface area contributed by atoms with Gasteiger partial charge in [-0.25, -0.2) is 4.79 Å². The first-order chi connectivity index (χ1) is 9.36. The zero-order chi connectivity index (χ0) is 14.8. The quantitative estimate of drug-likeness (QED) is 0.734. The molecule has 2 rings (SSSR count). The molecule has 0 unspecified atom stereocenters. The molecule has 0 aromatic heterocycles. The van der Waals surface area contributed by atoms with E-state index in [2.05, 4.69) is 6.07 Å². The summed E-state index contributed by atoms with van der Waals surface area (Å²) in [6.45, 7) is 6.95. The number of rotatable bonds is 1. The highest BCUT2D eigenvalue weighted by Gasteiger charge is 2.44. The molecule has 0 atom stereocenters. The van der Waals surface area contributed by atoms with Gasteiger partial charge in [-0.1, -0.05) is 12.8 Å². The van der Waals surface area contributed by atoms with Crippen molar-refractivity contribution in [3.05, 3.63) is 0 Å². The summed E-state index contributed by atoms with van der Waals surface area (Å²) in [7, 11) is 0. The highest BCUT2D eigenvalue weighted by Crippen LogP contribution is 2.46. The Morgan fingerprint density at radius 2 is 1.80 bits per heavy atom. The number of hydrogen-bond acceptors (Lipinski definition) is 3. The minimum Gasteiger partial charge on any atom is -0.444 e. The molecule has 0 aromatic carbocycles. The van der Waals surface area contributed by atoms with E-state index in [1.807, 2.05) is 20.8 Å². The Balaban J connectivity index is 1.94. The molecule has 1 heterocycles. The fourth-order valence-electron chi connectivity index (χ4n) is 3.50. The van der Waals surface area contributed by atoms with Gasteiger partial charge < -0.3 is 9.64 Å². The highest BCUT2D eigenvalue weighted by molar-refractivity contribution is 5.68. The van der Waals surface area contributed by atoms with E-state index < -0.39 is 5.60 Å². The number of carbonyl (C=O) groups excluding carboxylic acids is 1. The maximum absolute atomic E-state index is 12.1. The molecule has 1 aliphatic heterocycles. The van der Waals surface area contributed by atoms with Crippen molar-refractivity contribution in [2.75, 3.05) is 13.1 Å². The second-order valence-corrected chi connectivity index (χ2v) is 7.22. The third-order valence-electron chi connectivity index (χ3n) is 4.67. The average Bonchev–Trinajstić information content (AvgIpc) is 2.91. The molecular formula is C16H26N2O2. The van der Waals surface area contributed by atoms with Crippen molar-refractivity contribution >= 4 is 6.09 Å². The first-order valence-corrected chi connectivity index (χ1v) is 7.75. The van der Waals surface area contributed by atoms with Crippen LogP contribution >= 0.6 is 0 Å². The van der Waals surface area contributed by atoms with Gasteiger partial charge in [-0.3, -0.25) is 0 Å². The second-order valence-electron chi connectivity index (χ2n) is 7.22. The molecule has 1 aliphatic carbocycles. The monoisotopic (exact) mass is 278 g/mol. The molecule has 4 heteroatoms. The van der Waals surface area contributed by atoms with Crippen molar-refractivity contribution in [1.82, 2.24) is 4.90 Å². The Bertz CT molecular complexity index is 392. The lowest BCUT2D eigenvalue weighted by molar-refractivity contribution is 0.00979. The Hall–Kier alpha value is -1.24. The predicted molar refractivity (Wildman–Crippen MR) is 77.0 cm³/mol. The van der Waals surface area contributed by atoms with E-state index >= 15 is 0 Å². The average molecular weight is 278 g/mol. The standard InChI is InChI=1S/C16H26N2O2/c1-15(2,3)20-14(19)18-10-8-16(12-17,9-11-18)13-6-4-5-7-13/h13H,4-11H2,1-3H3. The van der Waals surface area contributed by atoms with Crippen LogP contribution in [-0.4, -0.2) is 29.7 Å². The fraction of sp³-hybridized carbons (Fsp3) is 0.875. The first kappa shape index (κ1) is 15.2. The number of carbonyl (C=O) groups is 1. The zero-order valence-corrected chi connectivity index (χ0v) is 12.9. The van der Waals surface area contributed by atoms with E-state index in [0.717, 1.165) is 12.8 Å². The molecule has 1 amide bonds. The van der Waals surface area contributed by atoms with Gasteiger partial charge in [0.1, 0.15) is 5.60 Å².